The van der Waals surface area contributed by atoms with Crippen molar-refractivity contribution in [3.63, 3.8) is 0 Å². The van der Waals surface area contributed by atoms with Crippen molar-refractivity contribution in [2.45, 2.75) is 32.7 Å². The molecule has 0 saturated carbocycles. The number of nitrogens with zero attached hydrogens (tertiary/aromatic N) is 1. The molecule has 2 rings (SSSR count). The summed E-state index contributed by atoms with van der Waals surface area (Å²) in [5.74, 6) is 0.283. The van der Waals surface area contributed by atoms with Gasteiger partial charge in [0.2, 0.25) is 5.91 Å². The molecule has 0 bridgehead atoms. The molecule has 1 heterocycles. The van der Waals surface area contributed by atoms with Gasteiger partial charge in [0.1, 0.15) is 5.75 Å². The van der Waals surface area contributed by atoms with Gasteiger partial charge in [0.15, 0.2) is 6.61 Å². The summed E-state index contributed by atoms with van der Waals surface area (Å²) in [5, 5.41) is 2.98. The first-order chi connectivity index (χ1) is 10.9. The number of ether oxygens (including phenoxy) is 1. The minimum absolute atomic E-state index is 0.0179. The summed E-state index contributed by atoms with van der Waals surface area (Å²) in [4.78, 5) is 24.9. The van der Waals surface area contributed by atoms with Gasteiger partial charge in [-0.05, 0) is 49.9 Å². The van der Waals surface area contributed by atoms with Crippen LogP contribution in [0.3, 0.4) is 0 Å². The third-order valence-corrected chi connectivity index (χ3v) is 4.18. The highest BCUT2D eigenvalue weighted by Crippen LogP contribution is 2.16. The monoisotopic (exact) mass is 319 g/mol. The number of hydrogen-bond donors (Lipinski definition) is 2. The largest absolute Gasteiger partial charge is 0.484 e. The SMILES string of the molecule is Cc1ccc(OCC(=O)NC2CCN(CC(N)=O)CC2)cc1C. The standard InChI is InChI=1S/C17H25N3O3/c1-12-3-4-15(9-13(12)2)23-11-17(22)19-14-5-7-20(8-6-14)10-16(18)21/h3-4,9,14H,5-8,10-11H2,1-2H3,(H2,18,21)(H,19,22). The van der Waals surface area contributed by atoms with E-state index in [2.05, 4.69) is 5.32 Å². The van der Waals surface area contributed by atoms with Crippen molar-refractivity contribution in [2.75, 3.05) is 26.2 Å². The molecule has 6 nitrogen and oxygen atoms in total. The van der Waals surface area contributed by atoms with Crippen LogP contribution in [0.2, 0.25) is 0 Å². The van der Waals surface area contributed by atoms with Crippen LogP contribution in [-0.4, -0.2) is 49.0 Å². The number of benzene rings is 1. The lowest BCUT2D eigenvalue weighted by atomic mass is 10.1. The topological polar surface area (TPSA) is 84.7 Å². The van der Waals surface area contributed by atoms with Gasteiger partial charge in [-0.3, -0.25) is 14.5 Å². The Kier molecular flexibility index (Phi) is 5.98. The van der Waals surface area contributed by atoms with Crippen LogP contribution in [0.25, 0.3) is 0 Å². The van der Waals surface area contributed by atoms with Crippen LogP contribution in [0.15, 0.2) is 18.2 Å². The number of carbonyl (C=O) groups is 2. The van der Waals surface area contributed by atoms with Crippen molar-refractivity contribution in [3.05, 3.63) is 29.3 Å². The van der Waals surface area contributed by atoms with Gasteiger partial charge < -0.3 is 15.8 Å². The number of hydrogen-bond acceptors (Lipinski definition) is 4. The van der Waals surface area contributed by atoms with Crippen LogP contribution >= 0.6 is 0 Å². The summed E-state index contributed by atoms with van der Waals surface area (Å²) in [6.45, 7) is 5.90. The average Bonchev–Trinajstić information content (AvgIpc) is 2.50. The first-order valence-electron chi connectivity index (χ1n) is 7.94. The van der Waals surface area contributed by atoms with Gasteiger partial charge in [-0.25, -0.2) is 0 Å². The number of likely N-dealkylation sites (tertiary alicyclic amines) is 1. The van der Waals surface area contributed by atoms with Gasteiger partial charge in [-0.15, -0.1) is 0 Å². The Hall–Kier alpha value is -2.08. The smallest absolute Gasteiger partial charge is 0.258 e. The Balaban J connectivity index is 1.71. The van der Waals surface area contributed by atoms with E-state index in [1.807, 2.05) is 36.9 Å². The Morgan fingerprint density at radius 3 is 2.57 bits per heavy atom. The zero-order chi connectivity index (χ0) is 16.8. The number of nitrogens with one attached hydrogen (secondary N) is 1. The Bertz CT molecular complexity index is 566. The summed E-state index contributed by atoms with van der Waals surface area (Å²) in [7, 11) is 0. The molecule has 0 radical (unpaired) electrons. The molecule has 126 valence electrons. The van der Waals surface area contributed by atoms with E-state index in [1.165, 1.54) is 5.56 Å². The Morgan fingerprint density at radius 2 is 1.96 bits per heavy atom. The van der Waals surface area contributed by atoms with E-state index in [0.717, 1.165) is 31.5 Å². The minimum atomic E-state index is -0.311. The quantitative estimate of drug-likeness (QED) is 0.810. The van der Waals surface area contributed by atoms with Gasteiger partial charge in [0.25, 0.3) is 5.91 Å². The number of amides is 2. The summed E-state index contributed by atoms with van der Waals surface area (Å²) in [5.41, 5.74) is 7.53. The second-order valence-corrected chi connectivity index (χ2v) is 6.12. The molecule has 0 aliphatic carbocycles. The first-order valence-corrected chi connectivity index (χ1v) is 7.94. The van der Waals surface area contributed by atoms with Crippen molar-refractivity contribution in [1.82, 2.24) is 10.2 Å². The predicted molar refractivity (Wildman–Crippen MR) is 88.2 cm³/mol. The zero-order valence-corrected chi connectivity index (χ0v) is 13.8. The average molecular weight is 319 g/mol. The lowest BCUT2D eigenvalue weighted by Crippen LogP contribution is -2.47. The van der Waals surface area contributed by atoms with Gasteiger partial charge >= 0.3 is 0 Å². The second kappa shape index (κ2) is 7.97. The minimum Gasteiger partial charge on any atom is -0.484 e. The molecule has 1 aliphatic heterocycles. The number of nitrogens with two attached hydrogens (primary N) is 1. The summed E-state index contributed by atoms with van der Waals surface area (Å²) in [6.07, 6.45) is 1.64. The Morgan fingerprint density at radius 1 is 1.26 bits per heavy atom. The van der Waals surface area contributed by atoms with E-state index in [4.69, 9.17) is 10.5 Å². The molecule has 0 atom stereocenters. The fraction of sp³-hybridized carbons (Fsp3) is 0.529. The third kappa shape index (κ3) is 5.56. The summed E-state index contributed by atoms with van der Waals surface area (Å²) < 4.78 is 5.54. The van der Waals surface area contributed by atoms with E-state index < -0.39 is 0 Å². The number of primary amides is 1. The number of carbonyl (C=O) groups excluding carboxylic acids is 2. The molecule has 0 unspecified atom stereocenters. The maximum Gasteiger partial charge on any atom is 0.258 e. The van der Waals surface area contributed by atoms with Crippen molar-refractivity contribution < 1.29 is 14.3 Å². The first kappa shape index (κ1) is 17.3. The van der Waals surface area contributed by atoms with Crippen molar-refractivity contribution in [3.8, 4) is 5.75 Å². The molecule has 23 heavy (non-hydrogen) atoms. The Labute approximate surface area is 137 Å². The van der Waals surface area contributed by atoms with Crippen LogP contribution in [0, 0.1) is 13.8 Å². The highest BCUT2D eigenvalue weighted by atomic mass is 16.5. The van der Waals surface area contributed by atoms with E-state index in [9.17, 15) is 9.59 Å². The predicted octanol–water partition coefficient (Wildman–Crippen LogP) is 0.748. The van der Waals surface area contributed by atoms with E-state index >= 15 is 0 Å². The van der Waals surface area contributed by atoms with Crippen LogP contribution in [0.1, 0.15) is 24.0 Å². The molecule has 2 amide bonds. The van der Waals surface area contributed by atoms with Crippen LogP contribution in [-0.2, 0) is 9.59 Å². The fourth-order valence-corrected chi connectivity index (χ4v) is 2.68. The highest BCUT2D eigenvalue weighted by molar-refractivity contribution is 5.78. The summed E-state index contributed by atoms with van der Waals surface area (Å²) in [6, 6.07) is 5.93. The number of piperidine rings is 1. The second-order valence-electron chi connectivity index (χ2n) is 6.12. The van der Waals surface area contributed by atoms with Crippen molar-refractivity contribution >= 4 is 11.8 Å². The molecule has 0 spiro atoms. The highest BCUT2D eigenvalue weighted by Gasteiger charge is 2.21. The lowest BCUT2D eigenvalue weighted by Gasteiger charge is -2.31. The van der Waals surface area contributed by atoms with E-state index in [1.54, 1.807) is 0 Å². The van der Waals surface area contributed by atoms with Crippen molar-refractivity contribution in [2.24, 2.45) is 5.73 Å². The molecular weight excluding hydrogens is 294 g/mol. The maximum atomic E-state index is 12.0. The maximum absolute atomic E-state index is 12.0. The number of rotatable bonds is 6. The molecule has 6 heteroatoms. The molecule has 1 aliphatic rings. The molecule has 1 saturated heterocycles. The lowest BCUT2D eigenvalue weighted by molar-refractivity contribution is -0.124. The van der Waals surface area contributed by atoms with Gasteiger partial charge in [0.05, 0.1) is 6.54 Å². The van der Waals surface area contributed by atoms with Gasteiger partial charge in [-0.2, -0.15) is 0 Å². The molecular formula is C17H25N3O3. The van der Waals surface area contributed by atoms with E-state index in [0.29, 0.717) is 5.75 Å². The molecule has 1 aromatic carbocycles. The van der Waals surface area contributed by atoms with E-state index in [-0.39, 0.29) is 31.0 Å². The molecule has 1 aromatic rings. The van der Waals surface area contributed by atoms with Gasteiger partial charge in [-0.1, -0.05) is 6.07 Å². The third-order valence-electron chi connectivity index (χ3n) is 4.18. The van der Waals surface area contributed by atoms with Crippen LogP contribution in [0.4, 0.5) is 0 Å². The number of aryl methyl sites for hydroxylation is 2. The van der Waals surface area contributed by atoms with Crippen LogP contribution < -0.4 is 15.8 Å². The van der Waals surface area contributed by atoms with Crippen molar-refractivity contribution in [1.29, 1.82) is 0 Å². The van der Waals surface area contributed by atoms with Crippen LogP contribution in [0.5, 0.6) is 5.75 Å². The molecule has 0 aromatic heterocycles. The summed E-state index contributed by atoms with van der Waals surface area (Å²) >= 11 is 0. The fourth-order valence-electron chi connectivity index (χ4n) is 2.68. The molecule has 1 fully saturated rings. The zero-order valence-electron chi connectivity index (χ0n) is 13.8. The molecule has 3 N–H and O–H groups in total. The van der Waals surface area contributed by atoms with Gasteiger partial charge in [0, 0.05) is 19.1 Å². The normalized spacial score (nSPS) is 16.1.